The number of rotatable bonds is 2. The van der Waals surface area contributed by atoms with E-state index in [9.17, 15) is 0 Å². The van der Waals surface area contributed by atoms with Gasteiger partial charge in [-0.1, -0.05) is 0 Å². The molecular weight excluding hydrogens is 154 g/mol. The maximum Gasteiger partial charge on any atom is 0.147 e. The van der Waals surface area contributed by atoms with Crippen LogP contribution < -0.4 is 4.90 Å². The lowest BCUT2D eigenvalue weighted by Crippen LogP contribution is -2.37. The zero-order valence-electron chi connectivity index (χ0n) is 6.77. The summed E-state index contributed by atoms with van der Waals surface area (Å²) in [6.07, 6.45) is 4.55. The lowest BCUT2D eigenvalue weighted by atomic mass is 10.2. The third kappa shape index (κ3) is 1.25. The maximum absolute atomic E-state index is 8.81. The minimum atomic E-state index is -0.0331. The molecule has 2 rings (SSSR count). The maximum atomic E-state index is 8.81. The van der Waals surface area contributed by atoms with Gasteiger partial charge in [0.2, 0.25) is 0 Å². The van der Waals surface area contributed by atoms with Crippen molar-refractivity contribution in [3.8, 4) is 0 Å². The van der Waals surface area contributed by atoms with Crippen molar-refractivity contribution < 1.29 is 5.11 Å². The molecule has 0 unspecified atom stereocenters. The molecule has 1 aliphatic heterocycles. The molecule has 0 amide bonds. The fraction of sp³-hybridized carbons (Fsp3) is 0.500. The number of aliphatic hydroxyl groups is 1. The lowest BCUT2D eigenvalue weighted by Gasteiger charge is -2.31. The zero-order valence-corrected chi connectivity index (χ0v) is 6.77. The Bertz CT molecular complexity index is 273. The van der Waals surface area contributed by atoms with E-state index in [2.05, 4.69) is 14.9 Å². The van der Waals surface area contributed by atoms with E-state index in [-0.39, 0.29) is 6.61 Å². The van der Waals surface area contributed by atoms with Crippen molar-refractivity contribution in [1.29, 1.82) is 0 Å². The Morgan fingerprint density at radius 2 is 2.25 bits per heavy atom. The van der Waals surface area contributed by atoms with Gasteiger partial charge in [-0.2, -0.15) is 0 Å². The van der Waals surface area contributed by atoms with Crippen molar-refractivity contribution in [1.82, 2.24) is 9.97 Å². The predicted octanol–water partition coefficient (Wildman–Crippen LogP) is 0.179. The van der Waals surface area contributed by atoms with Crippen LogP contribution in [0.4, 0.5) is 5.82 Å². The molecule has 12 heavy (non-hydrogen) atoms. The smallest absolute Gasteiger partial charge is 0.147 e. The van der Waals surface area contributed by atoms with Crippen LogP contribution in [0, 0.1) is 0 Å². The van der Waals surface area contributed by atoms with E-state index in [1.807, 2.05) is 0 Å². The van der Waals surface area contributed by atoms with Crippen LogP contribution in [0.1, 0.15) is 12.1 Å². The number of anilines is 1. The van der Waals surface area contributed by atoms with E-state index < -0.39 is 0 Å². The first-order valence-electron chi connectivity index (χ1n) is 4.07. The number of hydrogen-bond donors (Lipinski definition) is 1. The molecule has 0 bridgehead atoms. The van der Waals surface area contributed by atoms with Gasteiger partial charge in [-0.05, 0) is 6.42 Å². The summed E-state index contributed by atoms with van der Waals surface area (Å²) in [4.78, 5) is 10.4. The first-order chi connectivity index (χ1) is 5.90. The quantitative estimate of drug-likeness (QED) is 0.679. The first kappa shape index (κ1) is 7.49. The van der Waals surface area contributed by atoms with Crippen molar-refractivity contribution >= 4 is 5.82 Å². The van der Waals surface area contributed by atoms with E-state index >= 15 is 0 Å². The average molecular weight is 165 g/mol. The van der Waals surface area contributed by atoms with Crippen molar-refractivity contribution in [3.63, 3.8) is 0 Å². The molecule has 1 N–H and O–H groups in total. The van der Waals surface area contributed by atoms with Crippen LogP contribution in [0.5, 0.6) is 0 Å². The summed E-state index contributed by atoms with van der Waals surface area (Å²) in [7, 11) is 0. The molecule has 0 spiro atoms. The summed E-state index contributed by atoms with van der Waals surface area (Å²) in [5.74, 6) is 0.882. The number of aromatic nitrogens is 2. The van der Waals surface area contributed by atoms with Crippen LogP contribution in [0.25, 0.3) is 0 Å². The van der Waals surface area contributed by atoms with E-state index in [1.54, 1.807) is 12.4 Å². The molecule has 1 saturated heterocycles. The standard InChI is InChI=1S/C8H11N3O/c12-6-7-4-9-5-8(10-7)11-2-1-3-11/h4-5,12H,1-3,6H2. The third-order valence-corrected chi connectivity index (χ3v) is 2.01. The molecule has 0 atom stereocenters. The van der Waals surface area contributed by atoms with Gasteiger partial charge in [0.1, 0.15) is 5.82 Å². The van der Waals surface area contributed by atoms with Gasteiger partial charge in [-0.25, -0.2) is 4.98 Å². The third-order valence-electron chi connectivity index (χ3n) is 2.01. The van der Waals surface area contributed by atoms with Gasteiger partial charge in [0.15, 0.2) is 0 Å². The van der Waals surface area contributed by atoms with E-state index in [0.29, 0.717) is 5.69 Å². The first-order valence-corrected chi connectivity index (χ1v) is 4.07. The van der Waals surface area contributed by atoms with Crippen molar-refractivity contribution in [2.45, 2.75) is 13.0 Å². The highest BCUT2D eigenvalue weighted by atomic mass is 16.3. The molecule has 0 aliphatic carbocycles. The van der Waals surface area contributed by atoms with E-state index in [0.717, 1.165) is 18.9 Å². The molecule has 1 fully saturated rings. The second-order valence-electron chi connectivity index (χ2n) is 2.87. The lowest BCUT2D eigenvalue weighted by molar-refractivity contribution is 0.276. The SMILES string of the molecule is OCc1cncc(N2CCC2)n1. The normalized spacial score (nSPS) is 15.9. The van der Waals surface area contributed by atoms with Crippen LogP contribution >= 0.6 is 0 Å². The summed E-state index contributed by atoms with van der Waals surface area (Å²) >= 11 is 0. The molecule has 1 aromatic heterocycles. The molecule has 1 aliphatic rings. The Labute approximate surface area is 70.9 Å². The van der Waals surface area contributed by atoms with E-state index in [4.69, 9.17) is 5.11 Å². The molecule has 4 heteroatoms. The highest BCUT2D eigenvalue weighted by molar-refractivity contribution is 5.38. The zero-order chi connectivity index (χ0) is 8.39. The molecule has 0 radical (unpaired) electrons. The van der Waals surface area contributed by atoms with Gasteiger partial charge >= 0.3 is 0 Å². The molecule has 64 valence electrons. The Morgan fingerprint density at radius 1 is 1.42 bits per heavy atom. The monoisotopic (exact) mass is 165 g/mol. The van der Waals surface area contributed by atoms with Gasteiger partial charge in [0.05, 0.1) is 24.7 Å². The van der Waals surface area contributed by atoms with Crippen LogP contribution in [-0.4, -0.2) is 28.2 Å². The fourth-order valence-electron chi connectivity index (χ4n) is 1.17. The summed E-state index contributed by atoms with van der Waals surface area (Å²) < 4.78 is 0. The van der Waals surface area contributed by atoms with Gasteiger partial charge in [-0.15, -0.1) is 0 Å². The average Bonchev–Trinajstić information content (AvgIpc) is 2.02. The number of nitrogens with zero attached hydrogens (tertiary/aromatic N) is 3. The Hall–Kier alpha value is -1.16. The second-order valence-corrected chi connectivity index (χ2v) is 2.87. The minimum Gasteiger partial charge on any atom is -0.390 e. The molecule has 0 aromatic carbocycles. The highest BCUT2D eigenvalue weighted by Crippen LogP contribution is 2.16. The summed E-state index contributed by atoms with van der Waals surface area (Å²) in [5.41, 5.74) is 0.638. The van der Waals surface area contributed by atoms with Crippen molar-refractivity contribution in [2.75, 3.05) is 18.0 Å². The largest absolute Gasteiger partial charge is 0.390 e. The highest BCUT2D eigenvalue weighted by Gasteiger charge is 2.15. The van der Waals surface area contributed by atoms with Crippen LogP contribution in [0.2, 0.25) is 0 Å². The predicted molar refractivity (Wildman–Crippen MR) is 44.8 cm³/mol. The van der Waals surface area contributed by atoms with Gasteiger partial charge < -0.3 is 10.0 Å². The molecule has 0 saturated carbocycles. The van der Waals surface area contributed by atoms with Crippen LogP contribution in [0.3, 0.4) is 0 Å². The summed E-state index contributed by atoms with van der Waals surface area (Å²) in [6.45, 7) is 2.09. The van der Waals surface area contributed by atoms with Crippen molar-refractivity contribution in [3.05, 3.63) is 18.1 Å². The van der Waals surface area contributed by atoms with E-state index in [1.165, 1.54) is 6.42 Å². The fourth-order valence-corrected chi connectivity index (χ4v) is 1.17. The second kappa shape index (κ2) is 3.06. The van der Waals surface area contributed by atoms with Crippen LogP contribution in [-0.2, 0) is 6.61 Å². The Kier molecular flexibility index (Phi) is 1.91. The number of hydrogen-bond acceptors (Lipinski definition) is 4. The topological polar surface area (TPSA) is 49.3 Å². The summed E-state index contributed by atoms with van der Waals surface area (Å²) in [5, 5.41) is 8.81. The van der Waals surface area contributed by atoms with Gasteiger partial charge in [0, 0.05) is 13.1 Å². The Balaban J connectivity index is 2.19. The molecule has 1 aromatic rings. The molecule has 2 heterocycles. The van der Waals surface area contributed by atoms with Crippen molar-refractivity contribution in [2.24, 2.45) is 0 Å². The van der Waals surface area contributed by atoms with Gasteiger partial charge in [-0.3, -0.25) is 4.98 Å². The number of aliphatic hydroxyl groups excluding tert-OH is 1. The molecule has 4 nitrogen and oxygen atoms in total. The van der Waals surface area contributed by atoms with Crippen LogP contribution in [0.15, 0.2) is 12.4 Å². The Morgan fingerprint density at radius 3 is 2.83 bits per heavy atom. The minimum absolute atomic E-state index is 0.0331. The summed E-state index contributed by atoms with van der Waals surface area (Å²) in [6, 6.07) is 0. The molecular formula is C8H11N3O. The van der Waals surface area contributed by atoms with Gasteiger partial charge in [0.25, 0.3) is 0 Å².